The summed E-state index contributed by atoms with van der Waals surface area (Å²) < 4.78 is 0. The van der Waals surface area contributed by atoms with E-state index in [1.165, 1.54) is 11.3 Å². The van der Waals surface area contributed by atoms with Gasteiger partial charge in [-0.2, -0.15) is 0 Å². The molecule has 1 amide bonds. The Labute approximate surface area is 98.1 Å². The zero-order valence-corrected chi connectivity index (χ0v) is 9.74. The van der Waals surface area contributed by atoms with Crippen LogP contribution in [-0.4, -0.2) is 28.7 Å². The first kappa shape index (κ1) is 12.4. The van der Waals surface area contributed by atoms with Gasteiger partial charge < -0.3 is 5.32 Å². The van der Waals surface area contributed by atoms with Crippen LogP contribution in [0.15, 0.2) is 5.51 Å². The van der Waals surface area contributed by atoms with E-state index in [0.717, 1.165) is 25.8 Å². The van der Waals surface area contributed by atoms with E-state index in [-0.39, 0.29) is 24.4 Å². The number of hydrogen-bond donors (Lipinski definition) is 2. The summed E-state index contributed by atoms with van der Waals surface area (Å²) in [4.78, 5) is 11.6. The quantitative estimate of drug-likeness (QED) is 0.821. The van der Waals surface area contributed by atoms with E-state index >= 15 is 0 Å². The van der Waals surface area contributed by atoms with Crippen LogP contribution in [0.1, 0.15) is 19.3 Å². The topological polar surface area (TPSA) is 66.9 Å². The Morgan fingerprint density at radius 1 is 1.60 bits per heavy atom. The number of hydrogen-bond acceptors (Lipinski definition) is 5. The van der Waals surface area contributed by atoms with Crippen LogP contribution in [0.2, 0.25) is 0 Å². The molecule has 1 aromatic heterocycles. The lowest BCUT2D eigenvalue weighted by atomic mass is 10.0. The minimum atomic E-state index is -0.0624. The van der Waals surface area contributed by atoms with Crippen molar-refractivity contribution in [2.45, 2.75) is 25.3 Å². The molecule has 1 aliphatic heterocycles. The monoisotopic (exact) mass is 248 g/mol. The number of anilines is 1. The second-order valence-corrected chi connectivity index (χ2v) is 4.07. The van der Waals surface area contributed by atoms with E-state index in [2.05, 4.69) is 20.8 Å². The Morgan fingerprint density at radius 3 is 3.07 bits per heavy atom. The van der Waals surface area contributed by atoms with Gasteiger partial charge in [-0.1, -0.05) is 17.8 Å². The normalized spacial score (nSPS) is 20.4. The molecule has 2 N–H and O–H groups in total. The van der Waals surface area contributed by atoms with Crippen molar-refractivity contribution in [2.75, 3.05) is 11.9 Å². The summed E-state index contributed by atoms with van der Waals surface area (Å²) >= 11 is 1.33. The number of piperidine rings is 1. The summed E-state index contributed by atoms with van der Waals surface area (Å²) in [5, 5.41) is 13.9. The molecule has 0 radical (unpaired) electrons. The second-order valence-electron chi connectivity index (χ2n) is 3.24. The van der Waals surface area contributed by atoms with E-state index in [0.29, 0.717) is 5.13 Å². The fraction of sp³-hybridized carbons (Fsp3) is 0.625. The Kier molecular flexibility index (Phi) is 4.93. The van der Waals surface area contributed by atoms with E-state index < -0.39 is 0 Å². The van der Waals surface area contributed by atoms with E-state index in [9.17, 15) is 4.79 Å². The maximum atomic E-state index is 11.6. The zero-order valence-electron chi connectivity index (χ0n) is 8.10. The molecule has 0 bridgehead atoms. The average Bonchev–Trinajstić information content (AvgIpc) is 2.72. The third-order valence-corrected chi connectivity index (χ3v) is 2.82. The van der Waals surface area contributed by atoms with E-state index in [1.54, 1.807) is 5.51 Å². The number of amides is 1. The number of aromatic nitrogens is 2. The van der Waals surface area contributed by atoms with Gasteiger partial charge in [-0.25, -0.2) is 0 Å². The molecule has 2 heterocycles. The highest BCUT2D eigenvalue weighted by atomic mass is 35.5. The summed E-state index contributed by atoms with van der Waals surface area (Å²) in [7, 11) is 0. The highest BCUT2D eigenvalue weighted by Crippen LogP contribution is 2.12. The van der Waals surface area contributed by atoms with Gasteiger partial charge in [0.05, 0.1) is 6.04 Å². The van der Waals surface area contributed by atoms with Gasteiger partial charge in [0.1, 0.15) is 5.51 Å². The van der Waals surface area contributed by atoms with Gasteiger partial charge in [-0.05, 0) is 19.4 Å². The average molecular weight is 249 g/mol. The highest BCUT2D eigenvalue weighted by Gasteiger charge is 2.20. The predicted molar refractivity (Wildman–Crippen MR) is 61.4 cm³/mol. The molecule has 7 heteroatoms. The molecule has 1 atom stereocenters. The molecule has 15 heavy (non-hydrogen) atoms. The molecule has 0 aromatic carbocycles. The van der Waals surface area contributed by atoms with Gasteiger partial charge >= 0.3 is 0 Å². The minimum absolute atomic E-state index is 0. The molecule has 0 aliphatic carbocycles. The number of carbonyl (C=O) groups is 1. The Bertz CT molecular complexity index is 300. The Balaban J connectivity index is 0.00000112. The summed E-state index contributed by atoms with van der Waals surface area (Å²) in [5.41, 5.74) is 1.60. The first-order valence-corrected chi connectivity index (χ1v) is 5.54. The Hall–Kier alpha value is -0.720. The number of nitrogens with zero attached hydrogens (tertiary/aromatic N) is 2. The van der Waals surface area contributed by atoms with Crippen molar-refractivity contribution >= 4 is 34.8 Å². The van der Waals surface area contributed by atoms with Crippen LogP contribution in [0.5, 0.6) is 0 Å². The summed E-state index contributed by atoms with van der Waals surface area (Å²) in [5.74, 6) is 0.00134. The molecule has 0 saturated carbocycles. The van der Waals surface area contributed by atoms with Crippen LogP contribution < -0.4 is 10.6 Å². The van der Waals surface area contributed by atoms with Crippen molar-refractivity contribution < 1.29 is 4.79 Å². The largest absolute Gasteiger partial charge is 0.306 e. The van der Waals surface area contributed by atoms with Gasteiger partial charge in [0.2, 0.25) is 11.0 Å². The third-order valence-electron chi connectivity index (χ3n) is 2.22. The third kappa shape index (κ3) is 3.40. The molecule has 84 valence electrons. The molecular weight excluding hydrogens is 236 g/mol. The molecular formula is C8H13ClN4OS. The van der Waals surface area contributed by atoms with Crippen molar-refractivity contribution in [2.24, 2.45) is 0 Å². The van der Waals surface area contributed by atoms with Gasteiger partial charge in [-0.3, -0.25) is 10.1 Å². The number of carbonyl (C=O) groups excluding carboxylic acids is 1. The fourth-order valence-electron chi connectivity index (χ4n) is 1.50. The van der Waals surface area contributed by atoms with Crippen molar-refractivity contribution in [1.82, 2.24) is 15.5 Å². The zero-order chi connectivity index (χ0) is 9.80. The first-order chi connectivity index (χ1) is 6.86. The van der Waals surface area contributed by atoms with Crippen molar-refractivity contribution in [3.8, 4) is 0 Å². The minimum Gasteiger partial charge on any atom is -0.306 e. The van der Waals surface area contributed by atoms with Gasteiger partial charge in [0.25, 0.3) is 0 Å². The summed E-state index contributed by atoms with van der Waals surface area (Å²) in [6, 6.07) is -0.0624. The number of rotatable bonds is 2. The second kappa shape index (κ2) is 5.99. The van der Waals surface area contributed by atoms with Gasteiger partial charge in [-0.15, -0.1) is 22.6 Å². The van der Waals surface area contributed by atoms with Crippen molar-refractivity contribution in [3.05, 3.63) is 5.51 Å². The molecule has 2 rings (SSSR count). The molecule has 1 aromatic rings. The van der Waals surface area contributed by atoms with E-state index in [4.69, 9.17) is 0 Å². The van der Waals surface area contributed by atoms with Gasteiger partial charge in [0.15, 0.2) is 0 Å². The SMILES string of the molecule is Cl.O=C(Nc1nncs1)C1CCCCN1. The van der Waals surface area contributed by atoms with Crippen LogP contribution in [-0.2, 0) is 4.79 Å². The Morgan fingerprint density at radius 2 is 2.47 bits per heavy atom. The summed E-state index contributed by atoms with van der Waals surface area (Å²) in [6.07, 6.45) is 3.18. The summed E-state index contributed by atoms with van der Waals surface area (Å²) in [6.45, 7) is 0.925. The predicted octanol–water partition coefficient (Wildman–Crippen LogP) is 1.04. The maximum Gasteiger partial charge on any atom is 0.243 e. The molecule has 0 spiro atoms. The molecule has 1 saturated heterocycles. The van der Waals surface area contributed by atoms with Crippen molar-refractivity contribution in [3.63, 3.8) is 0 Å². The van der Waals surface area contributed by atoms with Crippen LogP contribution in [0, 0.1) is 0 Å². The molecule has 5 nitrogen and oxygen atoms in total. The van der Waals surface area contributed by atoms with E-state index in [1.807, 2.05) is 0 Å². The van der Waals surface area contributed by atoms with Crippen LogP contribution in [0.3, 0.4) is 0 Å². The van der Waals surface area contributed by atoms with Crippen LogP contribution >= 0.6 is 23.7 Å². The smallest absolute Gasteiger partial charge is 0.243 e. The first-order valence-electron chi connectivity index (χ1n) is 4.66. The number of nitrogens with one attached hydrogen (secondary N) is 2. The van der Waals surface area contributed by atoms with Crippen molar-refractivity contribution in [1.29, 1.82) is 0 Å². The standard InChI is InChI=1S/C8H12N4OS.ClH/c13-7(6-3-1-2-4-9-6)11-8-12-10-5-14-8;/h5-6,9H,1-4H2,(H,11,12,13);1H. The highest BCUT2D eigenvalue weighted by molar-refractivity contribution is 7.13. The molecule has 1 aliphatic rings. The lowest BCUT2D eigenvalue weighted by molar-refractivity contribution is -0.118. The molecule has 1 unspecified atom stereocenters. The van der Waals surface area contributed by atoms with Crippen LogP contribution in [0.25, 0.3) is 0 Å². The molecule has 1 fully saturated rings. The fourth-order valence-corrected chi connectivity index (χ4v) is 1.94. The lowest BCUT2D eigenvalue weighted by Gasteiger charge is -2.21. The maximum absolute atomic E-state index is 11.6. The number of halogens is 1. The van der Waals surface area contributed by atoms with Crippen LogP contribution in [0.4, 0.5) is 5.13 Å². The van der Waals surface area contributed by atoms with Gasteiger partial charge in [0, 0.05) is 0 Å². The lowest BCUT2D eigenvalue weighted by Crippen LogP contribution is -2.43.